The van der Waals surface area contributed by atoms with Gasteiger partial charge in [0.15, 0.2) is 5.78 Å². The number of hydrogen-bond acceptors (Lipinski definition) is 4. The molecule has 0 bridgehead atoms. The Balaban J connectivity index is 4.03. The maximum atomic E-state index is 10.8. The number of nitrogens with zero attached hydrogens (tertiary/aromatic N) is 1. The molecule has 0 spiro atoms. The fourth-order valence-electron chi connectivity index (χ4n) is 0.491. The van der Waals surface area contributed by atoms with Gasteiger partial charge in [-0.3, -0.25) is 4.79 Å². The highest BCUT2D eigenvalue weighted by Gasteiger charge is 2.13. The fraction of sp³-hybridized carbons (Fsp3) is 0.429. The molecule has 1 N–H and O–H groups in total. The van der Waals surface area contributed by atoms with Crippen LogP contribution in [0.2, 0.25) is 0 Å². The van der Waals surface area contributed by atoms with Gasteiger partial charge in [0.05, 0.1) is 6.54 Å². The van der Waals surface area contributed by atoms with E-state index in [0.29, 0.717) is 0 Å². The fourth-order valence-corrected chi connectivity index (χ4v) is 0.491. The predicted molar refractivity (Wildman–Crippen MR) is 38.8 cm³/mol. The molecule has 0 rings (SSSR count). The zero-order valence-electron chi connectivity index (χ0n) is 6.20. The van der Waals surface area contributed by atoms with Gasteiger partial charge in [0, 0.05) is 0 Å². The maximum Gasteiger partial charge on any atom is 0.235 e. The van der Waals surface area contributed by atoms with E-state index in [1.165, 1.54) is 13.0 Å². The van der Waals surface area contributed by atoms with Gasteiger partial charge in [-0.2, -0.15) is 0 Å². The van der Waals surface area contributed by atoms with Gasteiger partial charge >= 0.3 is 0 Å². The first kappa shape index (κ1) is 9.75. The topological polar surface area (TPSA) is 66.7 Å². The lowest BCUT2D eigenvalue weighted by atomic mass is 10.1. The molecule has 0 aromatic rings. The number of isocyanates is 1. The molecule has 0 aliphatic carbocycles. The van der Waals surface area contributed by atoms with E-state index in [0.717, 1.165) is 0 Å². The third kappa shape index (κ3) is 3.45. The number of carbonyl (C=O) groups is 1. The Morgan fingerprint density at radius 1 is 1.82 bits per heavy atom. The van der Waals surface area contributed by atoms with Gasteiger partial charge in [-0.1, -0.05) is 6.58 Å². The maximum absolute atomic E-state index is 10.8. The van der Waals surface area contributed by atoms with Crippen LogP contribution in [-0.4, -0.2) is 29.6 Å². The molecule has 4 heteroatoms. The van der Waals surface area contributed by atoms with Crippen molar-refractivity contribution in [3.05, 3.63) is 12.2 Å². The van der Waals surface area contributed by atoms with Crippen LogP contribution in [0.1, 0.15) is 6.92 Å². The summed E-state index contributed by atoms with van der Waals surface area (Å²) in [6.07, 6.45) is -0.0301. The number of hydrogen-bond donors (Lipinski definition) is 1. The van der Waals surface area contributed by atoms with Crippen LogP contribution in [0.4, 0.5) is 0 Å². The summed E-state index contributed by atoms with van der Waals surface area (Å²) in [5.74, 6) is -0.496. The largest absolute Gasteiger partial charge is 0.383 e. The molecule has 4 nitrogen and oxygen atoms in total. The summed E-state index contributed by atoms with van der Waals surface area (Å²) in [5, 5.41) is 8.94. The van der Waals surface area contributed by atoms with Gasteiger partial charge in [-0.25, -0.2) is 9.79 Å². The molecule has 0 aliphatic heterocycles. The zero-order valence-corrected chi connectivity index (χ0v) is 6.20. The number of carbonyl (C=O) groups excluding carboxylic acids is 2. The van der Waals surface area contributed by atoms with Crippen LogP contribution in [0, 0.1) is 0 Å². The highest BCUT2D eigenvalue weighted by Crippen LogP contribution is 1.96. The Morgan fingerprint density at radius 2 is 2.36 bits per heavy atom. The van der Waals surface area contributed by atoms with Gasteiger partial charge in [0.1, 0.15) is 6.10 Å². The molecule has 0 amide bonds. The minimum atomic E-state index is -1.26. The molecule has 0 saturated heterocycles. The van der Waals surface area contributed by atoms with Crippen LogP contribution in [0.3, 0.4) is 0 Å². The van der Waals surface area contributed by atoms with E-state index >= 15 is 0 Å². The minimum absolute atomic E-state index is 0.241. The lowest BCUT2D eigenvalue weighted by Crippen LogP contribution is -2.23. The van der Waals surface area contributed by atoms with Crippen molar-refractivity contribution in [2.24, 2.45) is 4.99 Å². The van der Waals surface area contributed by atoms with Crippen molar-refractivity contribution in [1.82, 2.24) is 0 Å². The molecule has 0 aromatic carbocycles. The van der Waals surface area contributed by atoms with Crippen molar-refractivity contribution >= 4 is 11.9 Å². The van der Waals surface area contributed by atoms with Crippen molar-refractivity contribution < 1.29 is 14.7 Å². The molecule has 11 heavy (non-hydrogen) atoms. The van der Waals surface area contributed by atoms with E-state index in [4.69, 9.17) is 5.11 Å². The Hall–Kier alpha value is -1.25. The second-order valence-corrected chi connectivity index (χ2v) is 2.09. The number of aliphatic hydroxyl groups is 1. The molecule has 60 valence electrons. The smallest absolute Gasteiger partial charge is 0.235 e. The van der Waals surface area contributed by atoms with Crippen LogP contribution >= 0.6 is 0 Å². The molecule has 0 radical (unpaired) electrons. The number of rotatable bonds is 4. The first-order valence-corrected chi connectivity index (χ1v) is 3.01. The molecule has 0 heterocycles. The van der Waals surface area contributed by atoms with E-state index in [1.807, 2.05) is 0 Å². The molecular weight excluding hydrogens is 146 g/mol. The summed E-state index contributed by atoms with van der Waals surface area (Å²) in [6.45, 7) is 4.58. The number of aliphatic hydroxyl groups excluding tert-OH is 1. The standard InChI is InChI=1S/C7H9NO3/c1-5(2)7(11)6(10)3-8-4-9/h6,10H,1,3H2,2H3. The van der Waals surface area contributed by atoms with Gasteiger partial charge in [0.2, 0.25) is 6.08 Å². The van der Waals surface area contributed by atoms with Crippen molar-refractivity contribution in [1.29, 1.82) is 0 Å². The average molecular weight is 155 g/mol. The van der Waals surface area contributed by atoms with E-state index in [9.17, 15) is 9.59 Å². The van der Waals surface area contributed by atoms with Crippen LogP contribution in [0.25, 0.3) is 0 Å². The molecule has 0 aliphatic rings. The van der Waals surface area contributed by atoms with E-state index < -0.39 is 11.9 Å². The zero-order chi connectivity index (χ0) is 8.85. The first-order chi connectivity index (χ1) is 5.09. The first-order valence-electron chi connectivity index (χ1n) is 3.01. The molecule has 1 atom stereocenters. The quantitative estimate of drug-likeness (QED) is 0.348. The van der Waals surface area contributed by atoms with Gasteiger partial charge < -0.3 is 5.11 Å². The average Bonchev–Trinajstić information content (AvgIpc) is 1.98. The number of Topliss-reactive ketones (excluding diaryl/α,β-unsaturated/α-hetero) is 1. The molecule has 1 unspecified atom stereocenters. The van der Waals surface area contributed by atoms with Crippen LogP contribution < -0.4 is 0 Å². The van der Waals surface area contributed by atoms with Crippen molar-refractivity contribution in [3.8, 4) is 0 Å². The molecular formula is C7H9NO3. The van der Waals surface area contributed by atoms with E-state index in [2.05, 4.69) is 11.6 Å². The monoisotopic (exact) mass is 155 g/mol. The summed E-state index contributed by atoms with van der Waals surface area (Å²) in [5.41, 5.74) is 0.249. The highest BCUT2D eigenvalue weighted by atomic mass is 16.3. The summed E-state index contributed by atoms with van der Waals surface area (Å²) >= 11 is 0. The second-order valence-electron chi connectivity index (χ2n) is 2.09. The lowest BCUT2D eigenvalue weighted by molar-refractivity contribution is -0.122. The molecule has 0 fully saturated rings. The van der Waals surface area contributed by atoms with E-state index in [1.54, 1.807) is 0 Å². The summed E-state index contributed by atoms with van der Waals surface area (Å²) in [7, 11) is 0. The van der Waals surface area contributed by atoms with Crippen molar-refractivity contribution in [2.75, 3.05) is 6.54 Å². The summed E-state index contributed by atoms with van der Waals surface area (Å²) in [4.78, 5) is 23.4. The molecule has 0 aromatic heterocycles. The molecule has 0 saturated carbocycles. The Morgan fingerprint density at radius 3 is 2.73 bits per heavy atom. The number of ketones is 1. The SMILES string of the molecule is C=C(C)C(=O)C(O)CN=C=O. The second kappa shape index (κ2) is 4.55. The lowest BCUT2D eigenvalue weighted by Gasteiger charge is -2.03. The Kier molecular flexibility index (Phi) is 4.03. The summed E-state index contributed by atoms with van der Waals surface area (Å²) < 4.78 is 0. The van der Waals surface area contributed by atoms with Crippen LogP contribution in [-0.2, 0) is 9.59 Å². The number of aliphatic imine (C=N–C) groups is 1. The Labute approximate surface area is 64.3 Å². The van der Waals surface area contributed by atoms with Crippen LogP contribution in [0.15, 0.2) is 17.1 Å². The van der Waals surface area contributed by atoms with Gasteiger partial charge in [-0.05, 0) is 12.5 Å². The van der Waals surface area contributed by atoms with Gasteiger partial charge in [0.25, 0.3) is 0 Å². The van der Waals surface area contributed by atoms with E-state index in [-0.39, 0.29) is 12.1 Å². The van der Waals surface area contributed by atoms with Gasteiger partial charge in [-0.15, -0.1) is 0 Å². The highest BCUT2D eigenvalue weighted by molar-refractivity contribution is 5.97. The normalized spacial score (nSPS) is 11.5. The van der Waals surface area contributed by atoms with Crippen molar-refractivity contribution in [2.45, 2.75) is 13.0 Å². The third-order valence-electron chi connectivity index (χ3n) is 1.05. The minimum Gasteiger partial charge on any atom is -0.383 e. The third-order valence-corrected chi connectivity index (χ3v) is 1.05. The van der Waals surface area contributed by atoms with Crippen molar-refractivity contribution in [3.63, 3.8) is 0 Å². The summed E-state index contributed by atoms with van der Waals surface area (Å²) in [6, 6.07) is 0. The predicted octanol–water partition coefficient (Wildman–Crippen LogP) is -0.172. The van der Waals surface area contributed by atoms with Crippen LogP contribution in [0.5, 0.6) is 0 Å². The Bertz CT molecular complexity index is 216.